The largest absolute Gasteiger partial charge is 0.382 e. The zero-order valence-electron chi connectivity index (χ0n) is 15.1. The van der Waals surface area contributed by atoms with Gasteiger partial charge in [0.15, 0.2) is 0 Å². The maximum absolute atomic E-state index is 12.1. The summed E-state index contributed by atoms with van der Waals surface area (Å²) in [6, 6.07) is -0.327. The van der Waals surface area contributed by atoms with Gasteiger partial charge >= 0.3 is 6.03 Å². The van der Waals surface area contributed by atoms with Gasteiger partial charge in [-0.2, -0.15) is 5.10 Å². The molecule has 1 aromatic rings. The Bertz CT molecular complexity index is 515. The van der Waals surface area contributed by atoms with Gasteiger partial charge in [-0.3, -0.25) is 4.68 Å². The molecule has 22 heavy (non-hydrogen) atoms. The molecule has 0 aliphatic carbocycles. The van der Waals surface area contributed by atoms with Gasteiger partial charge in [0.2, 0.25) is 0 Å². The van der Waals surface area contributed by atoms with Crippen LogP contribution >= 0.6 is 0 Å². The van der Waals surface area contributed by atoms with Crippen molar-refractivity contribution in [2.45, 2.75) is 65.6 Å². The summed E-state index contributed by atoms with van der Waals surface area (Å²) in [4.78, 5) is 12.1. The van der Waals surface area contributed by atoms with E-state index in [-0.39, 0.29) is 17.6 Å². The molecule has 0 saturated heterocycles. The monoisotopic (exact) mass is 310 g/mol. The van der Waals surface area contributed by atoms with Crippen molar-refractivity contribution in [2.75, 3.05) is 13.7 Å². The van der Waals surface area contributed by atoms with Crippen molar-refractivity contribution in [3.05, 3.63) is 17.5 Å². The Labute approximate surface area is 133 Å². The number of carbonyl (C=O) groups excluding carboxylic acids is 1. The third kappa shape index (κ3) is 5.02. The van der Waals surface area contributed by atoms with Crippen LogP contribution in [0.25, 0.3) is 0 Å². The lowest BCUT2D eigenvalue weighted by Crippen LogP contribution is -2.51. The summed E-state index contributed by atoms with van der Waals surface area (Å²) in [5, 5.41) is 10.4. The van der Waals surface area contributed by atoms with E-state index in [4.69, 9.17) is 4.74 Å². The van der Waals surface area contributed by atoms with Crippen molar-refractivity contribution >= 4 is 6.03 Å². The zero-order valence-corrected chi connectivity index (χ0v) is 15.1. The highest BCUT2D eigenvalue weighted by molar-refractivity contribution is 5.75. The zero-order chi connectivity index (χ0) is 17.1. The smallest absolute Gasteiger partial charge is 0.315 e. The fraction of sp³-hybridized carbons (Fsp3) is 0.750. The summed E-state index contributed by atoms with van der Waals surface area (Å²) in [5.41, 5.74) is 1.46. The summed E-state index contributed by atoms with van der Waals surface area (Å²) in [7, 11) is 1.62. The van der Waals surface area contributed by atoms with E-state index in [9.17, 15) is 4.79 Å². The molecular weight excluding hydrogens is 280 g/mol. The van der Waals surface area contributed by atoms with Crippen LogP contribution < -0.4 is 10.6 Å². The first kappa shape index (κ1) is 18.5. The van der Waals surface area contributed by atoms with Crippen LogP contribution in [-0.2, 0) is 10.3 Å². The summed E-state index contributed by atoms with van der Waals surface area (Å²) >= 11 is 0. The molecule has 0 radical (unpaired) electrons. The molecule has 0 fully saturated rings. The first-order valence-corrected chi connectivity index (χ1v) is 7.60. The number of urea groups is 1. The predicted octanol–water partition coefficient (Wildman–Crippen LogP) is 2.73. The summed E-state index contributed by atoms with van der Waals surface area (Å²) < 4.78 is 7.03. The third-order valence-electron chi connectivity index (χ3n) is 3.40. The van der Waals surface area contributed by atoms with Gasteiger partial charge < -0.3 is 15.4 Å². The highest BCUT2D eigenvalue weighted by Crippen LogP contribution is 2.21. The van der Waals surface area contributed by atoms with Crippen LogP contribution in [0.5, 0.6) is 0 Å². The maximum atomic E-state index is 12.1. The lowest BCUT2D eigenvalue weighted by Gasteiger charge is -2.26. The topological polar surface area (TPSA) is 68.2 Å². The van der Waals surface area contributed by atoms with Crippen molar-refractivity contribution < 1.29 is 9.53 Å². The van der Waals surface area contributed by atoms with Gasteiger partial charge in [-0.15, -0.1) is 0 Å². The van der Waals surface area contributed by atoms with Crippen LogP contribution in [0, 0.1) is 6.92 Å². The Morgan fingerprint density at radius 1 is 1.36 bits per heavy atom. The van der Waals surface area contributed by atoms with Crippen molar-refractivity contribution in [3.63, 3.8) is 0 Å². The number of ether oxygens (including phenoxy) is 1. The molecular formula is C16H30N4O2. The molecule has 2 N–H and O–H groups in total. The van der Waals surface area contributed by atoms with Gasteiger partial charge in [0, 0.05) is 18.9 Å². The molecule has 1 aromatic heterocycles. The van der Waals surface area contributed by atoms with Crippen LogP contribution in [0.15, 0.2) is 6.20 Å². The Hall–Kier alpha value is -1.56. The molecule has 0 aromatic carbocycles. The molecule has 6 heteroatoms. The van der Waals surface area contributed by atoms with Gasteiger partial charge in [0.25, 0.3) is 0 Å². The average Bonchev–Trinajstić information content (AvgIpc) is 2.69. The standard InChI is InChI=1S/C16H30N4O2/c1-11(17-14(21)18-16(6,7)10-22-8)13-9-20(15(3,4)5)19-12(13)2/h9,11H,10H2,1-8H3,(H2,17,18,21). The number of rotatable bonds is 5. The third-order valence-corrected chi connectivity index (χ3v) is 3.40. The average molecular weight is 310 g/mol. The number of hydrogen-bond donors (Lipinski definition) is 2. The van der Waals surface area contributed by atoms with E-state index in [0.29, 0.717) is 6.61 Å². The minimum absolute atomic E-state index is 0.0779. The quantitative estimate of drug-likeness (QED) is 0.878. The van der Waals surface area contributed by atoms with Crippen LogP contribution in [-0.4, -0.2) is 35.1 Å². The molecule has 0 aliphatic rings. The Morgan fingerprint density at radius 2 is 1.95 bits per heavy atom. The van der Waals surface area contributed by atoms with E-state index >= 15 is 0 Å². The van der Waals surface area contributed by atoms with Crippen LogP contribution in [0.3, 0.4) is 0 Å². The minimum atomic E-state index is -0.414. The fourth-order valence-electron chi connectivity index (χ4n) is 2.26. The highest BCUT2D eigenvalue weighted by Gasteiger charge is 2.23. The van der Waals surface area contributed by atoms with E-state index in [0.717, 1.165) is 11.3 Å². The van der Waals surface area contributed by atoms with E-state index < -0.39 is 5.54 Å². The number of amides is 2. The predicted molar refractivity (Wildman–Crippen MR) is 88.0 cm³/mol. The number of carbonyl (C=O) groups is 1. The molecule has 1 atom stereocenters. The molecule has 0 bridgehead atoms. The number of hydrogen-bond acceptors (Lipinski definition) is 3. The van der Waals surface area contributed by atoms with Crippen molar-refractivity contribution in [1.82, 2.24) is 20.4 Å². The van der Waals surface area contributed by atoms with Gasteiger partial charge in [0.05, 0.1) is 29.4 Å². The molecule has 2 amide bonds. The number of methoxy groups -OCH3 is 1. The van der Waals surface area contributed by atoms with Crippen LogP contribution in [0.2, 0.25) is 0 Å². The number of aryl methyl sites for hydroxylation is 1. The lowest BCUT2D eigenvalue weighted by atomic mass is 10.1. The van der Waals surface area contributed by atoms with Gasteiger partial charge in [-0.25, -0.2) is 4.79 Å². The second kappa shape index (κ2) is 6.69. The first-order valence-electron chi connectivity index (χ1n) is 7.60. The molecule has 1 unspecified atom stereocenters. The van der Waals surface area contributed by atoms with Crippen LogP contribution in [0.1, 0.15) is 58.8 Å². The normalized spacial score (nSPS) is 13.8. The van der Waals surface area contributed by atoms with E-state index in [1.54, 1.807) is 7.11 Å². The maximum Gasteiger partial charge on any atom is 0.315 e. The number of aromatic nitrogens is 2. The van der Waals surface area contributed by atoms with Crippen LogP contribution in [0.4, 0.5) is 4.79 Å². The second-order valence-electron chi connectivity index (χ2n) is 7.42. The molecule has 1 heterocycles. The van der Waals surface area contributed by atoms with Crippen molar-refractivity contribution in [1.29, 1.82) is 0 Å². The Morgan fingerprint density at radius 3 is 2.41 bits per heavy atom. The molecule has 6 nitrogen and oxygen atoms in total. The minimum Gasteiger partial charge on any atom is -0.382 e. The van der Waals surface area contributed by atoms with Gasteiger partial charge in [-0.1, -0.05) is 0 Å². The lowest BCUT2D eigenvalue weighted by molar-refractivity contribution is 0.130. The molecule has 0 saturated carbocycles. The second-order valence-corrected chi connectivity index (χ2v) is 7.42. The molecule has 0 aliphatic heterocycles. The highest BCUT2D eigenvalue weighted by atomic mass is 16.5. The number of nitrogens with one attached hydrogen (secondary N) is 2. The van der Waals surface area contributed by atoms with Crippen molar-refractivity contribution in [3.8, 4) is 0 Å². The SMILES string of the molecule is COCC(C)(C)NC(=O)NC(C)c1cn(C(C)(C)C)nc1C. The van der Waals surface area contributed by atoms with E-state index in [1.807, 2.05) is 38.6 Å². The summed E-state index contributed by atoms with van der Waals surface area (Å²) in [6.07, 6.45) is 2.00. The van der Waals surface area contributed by atoms with E-state index in [1.165, 1.54) is 0 Å². The summed E-state index contributed by atoms with van der Waals surface area (Å²) in [6.45, 7) is 14.5. The Balaban J connectivity index is 2.75. The summed E-state index contributed by atoms with van der Waals surface area (Å²) in [5.74, 6) is 0. The first-order chi connectivity index (χ1) is 9.96. The Kier molecular flexibility index (Phi) is 5.62. The van der Waals surface area contributed by atoms with Gasteiger partial charge in [-0.05, 0) is 48.5 Å². The molecule has 0 spiro atoms. The molecule has 1 rings (SSSR count). The van der Waals surface area contributed by atoms with Crippen molar-refractivity contribution in [2.24, 2.45) is 0 Å². The fourth-order valence-corrected chi connectivity index (χ4v) is 2.26. The van der Waals surface area contributed by atoms with Gasteiger partial charge in [0.1, 0.15) is 0 Å². The van der Waals surface area contributed by atoms with E-state index in [2.05, 4.69) is 36.5 Å². The molecule has 126 valence electrons. The number of nitrogens with zero attached hydrogens (tertiary/aromatic N) is 2.